The third-order valence-electron chi connectivity index (χ3n) is 3.62. The fraction of sp³-hybridized carbons (Fsp3) is 0.583. The van der Waals surface area contributed by atoms with Crippen LogP contribution in [0.2, 0.25) is 0 Å². The van der Waals surface area contributed by atoms with Crippen molar-refractivity contribution in [3.63, 3.8) is 0 Å². The van der Waals surface area contributed by atoms with Gasteiger partial charge < -0.3 is 15.7 Å². The molecule has 6 nitrogen and oxygen atoms in total. The lowest BCUT2D eigenvalue weighted by molar-refractivity contribution is -0.150. The van der Waals surface area contributed by atoms with E-state index in [1.807, 2.05) is 0 Å². The summed E-state index contributed by atoms with van der Waals surface area (Å²) in [5.41, 5.74) is 5.15. The van der Waals surface area contributed by atoms with Crippen LogP contribution < -0.4 is 5.73 Å². The summed E-state index contributed by atoms with van der Waals surface area (Å²) in [6.07, 6.45) is 0.948. The Bertz CT molecular complexity index is 492. The standard InChI is InChI=1S/C12H17N3O3S/c1-12(11(17)18)2-4-15(5-3-12)10(16)8-7-19-9(6-13)14-8/h7H,2-6,13H2,1H3,(H,17,18). The maximum absolute atomic E-state index is 12.2. The van der Waals surface area contributed by atoms with Gasteiger partial charge in [-0.25, -0.2) is 4.98 Å². The molecule has 1 saturated heterocycles. The molecule has 0 spiro atoms. The van der Waals surface area contributed by atoms with Gasteiger partial charge in [0.2, 0.25) is 0 Å². The Labute approximate surface area is 115 Å². The van der Waals surface area contributed by atoms with E-state index in [1.165, 1.54) is 11.3 Å². The highest BCUT2D eigenvalue weighted by Gasteiger charge is 2.38. The van der Waals surface area contributed by atoms with E-state index in [-0.39, 0.29) is 5.91 Å². The van der Waals surface area contributed by atoms with Crippen LogP contribution in [-0.2, 0) is 11.3 Å². The lowest BCUT2D eigenvalue weighted by atomic mass is 9.80. The smallest absolute Gasteiger partial charge is 0.309 e. The Morgan fingerprint density at radius 2 is 2.16 bits per heavy atom. The molecule has 2 rings (SSSR count). The molecule has 7 heteroatoms. The number of aromatic nitrogens is 1. The SMILES string of the molecule is CC1(C(=O)O)CCN(C(=O)c2csc(CN)n2)CC1. The van der Waals surface area contributed by atoms with E-state index in [2.05, 4.69) is 4.98 Å². The van der Waals surface area contributed by atoms with Gasteiger partial charge in [0.15, 0.2) is 0 Å². The van der Waals surface area contributed by atoms with Gasteiger partial charge in [-0.05, 0) is 19.8 Å². The van der Waals surface area contributed by atoms with Crippen molar-refractivity contribution in [2.24, 2.45) is 11.1 Å². The van der Waals surface area contributed by atoms with Crippen LogP contribution in [0.5, 0.6) is 0 Å². The number of amides is 1. The molecule has 0 aliphatic carbocycles. The fourth-order valence-corrected chi connectivity index (χ4v) is 2.73. The Morgan fingerprint density at radius 3 is 2.63 bits per heavy atom. The molecule has 104 valence electrons. The average molecular weight is 283 g/mol. The zero-order valence-electron chi connectivity index (χ0n) is 10.8. The summed E-state index contributed by atoms with van der Waals surface area (Å²) in [4.78, 5) is 29.2. The van der Waals surface area contributed by atoms with Gasteiger partial charge in [-0.3, -0.25) is 9.59 Å². The Kier molecular flexibility index (Phi) is 3.86. The van der Waals surface area contributed by atoms with E-state index in [0.717, 1.165) is 5.01 Å². The van der Waals surface area contributed by atoms with Crippen LogP contribution in [0.25, 0.3) is 0 Å². The molecule has 0 bridgehead atoms. The first kappa shape index (κ1) is 14.0. The zero-order valence-corrected chi connectivity index (χ0v) is 11.6. The molecular weight excluding hydrogens is 266 g/mol. The average Bonchev–Trinajstić information content (AvgIpc) is 2.87. The van der Waals surface area contributed by atoms with Crippen molar-refractivity contribution < 1.29 is 14.7 Å². The number of carbonyl (C=O) groups is 2. The van der Waals surface area contributed by atoms with Crippen LogP contribution in [0.1, 0.15) is 35.3 Å². The number of likely N-dealkylation sites (tertiary alicyclic amines) is 1. The lowest BCUT2D eigenvalue weighted by Gasteiger charge is -2.36. The molecule has 0 saturated carbocycles. The number of carboxylic acids is 1. The van der Waals surface area contributed by atoms with Gasteiger partial charge in [-0.15, -0.1) is 11.3 Å². The fourth-order valence-electron chi connectivity index (χ4n) is 2.08. The predicted octanol–water partition coefficient (Wildman–Crippen LogP) is 0.929. The van der Waals surface area contributed by atoms with Gasteiger partial charge >= 0.3 is 5.97 Å². The van der Waals surface area contributed by atoms with E-state index in [1.54, 1.807) is 17.2 Å². The second-order valence-electron chi connectivity index (χ2n) is 4.99. The number of piperidine rings is 1. The van der Waals surface area contributed by atoms with E-state index < -0.39 is 11.4 Å². The first-order valence-corrected chi connectivity index (χ1v) is 7.01. The number of carboxylic acid groups (broad SMARTS) is 1. The molecule has 1 aliphatic rings. The summed E-state index contributed by atoms with van der Waals surface area (Å²) < 4.78 is 0. The maximum atomic E-state index is 12.2. The minimum absolute atomic E-state index is 0.136. The molecule has 1 amide bonds. The topological polar surface area (TPSA) is 96.5 Å². The highest BCUT2D eigenvalue weighted by atomic mass is 32.1. The van der Waals surface area contributed by atoms with Crippen molar-refractivity contribution >= 4 is 23.2 Å². The Morgan fingerprint density at radius 1 is 1.53 bits per heavy atom. The van der Waals surface area contributed by atoms with E-state index in [4.69, 9.17) is 10.8 Å². The normalized spacial score (nSPS) is 18.3. The first-order chi connectivity index (χ1) is 8.96. The zero-order chi connectivity index (χ0) is 14.0. The Balaban J connectivity index is 2.01. The van der Waals surface area contributed by atoms with Gasteiger partial charge in [0.05, 0.1) is 5.41 Å². The summed E-state index contributed by atoms with van der Waals surface area (Å²) in [6.45, 7) is 2.97. The molecule has 0 unspecified atom stereocenters. The van der Waals surface area contributed by atoms with Crippen molar-refractivity contribution in [1.29, 1.82) is 0 Å². The van der Waals surface area contributed by atoms with E-state index in [0.29, 0.717) is 38.2 Å². The second-order valence-corrected chi connectivity index (χ2v) is 5.93. The van der Waals surface area contributed by atoms with Crippen LogP contribution in [-0.4, -0.2) is 40.0 Å². The van der Waals surface area contributed by atoms with Crippen molar-refractivity contribution in [2.75, 3.05) is 13.1 Å². The van der Waals surface area contributed by atoms with Crippen LogP contribution in [0, 0.1) is 5.41 Å². The number of nitrogens with two attached hydrogens (primary N) is 1. The molecule has 1 fully saturated rings. The van der Waals surface area contributed by atoms with Crippen LogP contribution in [0.4, 0.5) is 0 Å². The summed E-state index contributed by atoms with van der Waals surface area (Å²) >= 11 is 1.37. The van der Waals surface area contributed by atoms with E-state index >= 15 is 0 Å². The van der Waals surface area contributed by atoms with Crippen molar-refractivity contribution in [3.8, 4) is 0 Å². The van der Waals surface area contributed by atoms with Crippen LogP contribution in [0.3, 0.4) is 0 Å². The molecule has 0 radical (unpaired) electrons. The van der Waals surface area contributed by atoms with Gasteiger partial charge in [0, 0.05) is 25.0 Å². The third-order valence-corrected chi connectivity index (χ3v) is 4.49. The molecule has 3 N–H and O–H groups in total. The second kappa shape index (κ2) is 5.26. The molecule has 0 atom stereocenters. The number of hydrogen-bond donors (Lipinski definition) is 2. The van der Waals surface area contributed by atoms with Crippen molar-refractivity contribution in [1.82, 2.24) is 9.88 Å². The number of carbonyl (C=O) groups excluding carboxylic acids is 1. The highest BCUT2D eigenvalue weighted by molar-refractivity contribution is 7.09. The molecule has 19 heavy (non-hydrogen) atoms. The summed E-state index contributed by atoms with van der Waals surface area (Å²) in [5.74, 6) is -0.929. The lowest BCUT2D eigenvalue weighted by Crippen LogP contribution is -2.45. The van der Waals surface area contributed by atoms with Crippen molar-refractivity contribution in [2.45, 2.75) is 26.3 Å². The number of hydrogen-bond acceptors (Lipinski definition) is 5. The van der Waals surface area contributed by atoms with Gasteiger partial charge in [0.1, 0.15) is 10.7 Å². The summed E-state index contributed by atoms with van der Waals surface area (Å²) in [5, 5.41) is 11.6. The molecule has 0 aromatic carbocycles. The molecule has 2 heterocycles. The van der Waals surface area contributed by atoms with Gasteiger partial charge in [-0.2, -0.15) is 0 Å². The number of nitrogens with zero attached hydrogens (tertiary/aromatic N) is 2. The predicted molar refractivity (Wildman–Crippen MR) is 70.9 cm³/mol. The number of aliphatic carboxylic acids is 1. The summed E-state index contributed by atoms with van der Waals surface area (Å²) in [6, 6.07) is 0. The monoisotopic (exact) mass is 283 g/mol. The Hall–Kier alpha value is -1.47. The first-order valence-electron chi connectivity index (χ1n) is 6.13. The third kappa shape index (κ3) is 2.76. The highest BCUT2D eigenvalue weighted by Crippen LogP contribution is 2.31. The number of thiazole rings is 1. The number of rotatable bonds is 3. The van der Waals surface area contributed by atoms with Crippen molar-refractivity contribution in [3.05, 3.63) is 16.1 Å². The molecule has 1 aromatic heterocycles. The van der Waals surface area contributed by atoms with Crippen LogP contribution in [0.15, 0.2) is 5.38 Å². The quantitative estimate of drug-likeness (QED) is 0.860. The minimum Gasteiger partial charge on any atom is -0.481 e. The maximum Gasteiger partial charge on any atom is 0.309 e. The minimum atomic E-state index is -0.793. The molecular formula is C12H17N3O3S. The van der Waals surface area contributed by atoms with Gasteiger partial charge in [-0.1, -0.05) is 0 Å². The largest absolute Gasteiger partial charge is 0.481 e. The van der Waals surface area contributed by atoms with Gasteiger partial charge in [0.25, 0.3) is 5.91 Å². The van der Waals surface area contributed by atoms with E-state index in [9.17, 15) is 9.59 Å². The summed E-state index contributed by atoms with van der Waals surface area (Å²) in [7, 11) is 0. The molecule has 1 aromatic rings. The molecule has 1 aliphatic heterocycles. The van der Waals surface area contributed by atoms with Crippen LogP contribution >= 0.6 is 11.3 Å².